The topological polar surface area (TPSA) is 60.0 Å². The van der Waals surface area contributed by atoms with E-state index in [1.54, 1.807) is 26.4 Å². The van der Waals surface area contributed by atoms with E-state index in [1.165, 1.54) is 12.1 Å². The van der Waals surface area contributed by atoms with Gasteiger partial charge < -0.3 is 19.5 Å². The third-order valence-electron chi connectivity index (χ3n) is 4.85. The Morgan fingerprint density at radius 2 is 1.86 bits per heavy atom. The molecular formula is C21H25FN2O4. The van der Waals surface area contributed by atoms with Gasteiger partial charge in [0.1, 0.15) is 5.82 Å². The third-order valence-corrected chi connectivity index (χ3v) is 4.85. The second kappa shape index (κ2) is 9.52. The van der Waals surface area contributed by atoms with Crippen LogP contribution in [0, 0.1) is 5.82 Å². The Morgan fingerprint density at radius 3 is 2.54 bits per heavy atom. The van der Waals surface area contributed by atoms with Crippen LogP contribution in [0.3, 0.4) is 0 Å². The van der Waals surface area contributed by atoms with E-state index in [0.717, 1.165) is 18.7 Å². The Bertz CT molecular complexity index is 809. The predicted molar refractivity (Wildman–Crippen MR) is 103 cm³/mol. The maximum absolute atomic E-state index is 13.9. The summed E-state index contributed by atoms with van der Waals surface area (Å²) in [5.74, 6) is 0.298. The van der Waals surface area contributed by atoms with Crippen molar-refractivity contribution >= 4 is 5.91 Å². The van der Waals surface area contributed by atoms with Gasteiger partial charge in [-0.15, -0.1) is 0 Å². The summed E-state index contributed by atoms with van der Waals surface area (Å²) in [6.07, 6.45) is 0. The van der Waals surface area contributed by atoms with Crippen LogP contribution in [0.5, 0.6) is 11.5 Å². The second-order valence-electron chi connectivity index (χ2n) is 6.47. The van der Waals surface area contributed by atoms with Crippen LogP contribution in [0.4, 0.5) is 4.39 Å². The molecule has 1 fully saturated rings. The summed E-state index contributed by atoms with van der Waals surface area (Å²) in [6, 6.07) is 11.6. The lowest BCUT2D eigenvalue weighted by atomic mass is 10.0. The third kappa shape index (κ3) is 4.61. The van der Waals surface area contributed by atoms with Gasteiger partial charge in [-0.3, -0.25) is 9.69 Å². The number of methoxy groups -OCH3 is 2. The minimum absolute atomic E-state index is 0.0375. The van der Waals surface area contributed by atoms with Crippen LogP contribution in [0.1, 0.15) is 22.0 Å². The summed E-state index contributed by atoms with van der Waals surface area (Å²) in [5.41, 5.74) is 1.02. The number of morpholine rings is 1. The molecule has 6 nitrogen and oxygen atoms in total. The number of benzene rings is 2. The lowest BCUT2D eigenvalue weighted by Crippen LogP contribution is -2.44. The van der Waals surface area contributed by atoms with Crippen molar-refractivity contribution in [1.82, 2.24) is 10.2 Å². The van der Waals surface area contributed by atoms with Gasteiger partial charge in [0.05, 0.1) is 39.0 Å². The summed E-state index contributed by atoms with van der Waals surface area (Å²) in [4.78, 5) is 14.7. The molecule has 1 amide bonds. The van der Waals surface area contributed by atoms with Gasteiger partial charge in [0.2, 0.25) is 0 Å². The molecule has 0 unspecified atom stereocenters. The summed E-state index contributed by atoms with van der Waals surface area (Å²) >= 11 is 0. The van der Waals surface area contributed by atoms with E-state index >= 15 is 0 Å². The smallest absolute Gasteiger partial charge is 0.254 e. The first kappa shape index (κ1) is 20.1. The Labute approximate surface area is 164 Å². The number of hydrogen-bond acceptors (Lipinski definition) is 5. The van der Waals surface area contributed by atoms with E-state index in [4.69, 9.17) is 14.2 Å². The number of carbonyl (C=O) groups excluding carboxylic acids is 1. The van der Waals surface area contributed by atoms with Gasteiger partial charge in [0.15, 0.2) is 11.5 Å². The number of ether oxygens (including phenoxy) is 3. The first-order chi connectivity index (χ1) is 13.6. The molecular weight excluding hydrogens is 363 g/mol. The Kier molecular flexibility index (Phi) is 6.84. The van der Waals surface area contributed by atoms with E-state index in [2.05, 4.69) is 10.2 Å². The fourth-order valence-corrected chi connectivity index (χ4v) is 3.34. The normalized spacial score (nSPS) is 15.7. The SMILES string of the molecule is COc1ccc([C@H](CNC(=O)c2ccccc2F)N2CCOCC2)cc1OC. The summed E-state index contributed by atoms with van der Waals surface area (Å²) in [7, 11) is 3.18. The zero-order chi connectivity index (χ0) is 19.9. The van der Waals surface area contributed by atoms with Gasteiger partial charge in [-0.1, -0.05) is 18.2 Å². The molecule has 0 radical (unpaired) electrons. The standard InChI is InChI=1S/C21H25FN2O4/c1-26-19-8-7-15(13-20(19)27-2)18(24-9-11-28-12-10-24)14-23-21(25)16-5-3-4-6-17(16)22/h3-8,13,18H,9-12,14H2,1-2H3,(H,23,25)/t18-/m0/s1. The van der Waals surface area contributed by atoms with Crippen molar-refractivity contribution in [3.8, 4) is 11.5 Å². The molecule has 2 aromatic rings. The highest BCUT2D eigenvalue weighted by atomic mass is 19.1. The number of hydrogen-bond donors (Lipinski definition) is 1. The van der Waals surface area contributed by atoms with Gasteiger partial charge >= 0.3 is 0 Å². The molecule has 28 heavy (non-hydrogen) atoms. The van der Waals surface area contributed by atoms with Crippen LogP contribution < -0.4 is 14.8 Å². The van der Waals surface area contributed by atoms with Crippen molar-refractivity contribution in [3.05, 3.63) is 59.4 Å². The number of nitrogens with zero attached hydrogens (tertiary/aromatic N) is 1. The number of rotatable bonds is 7. The molecule has 0 aliphatic carbocycles. The molecule has 0 bridgehead atoms. The predicted octanol–water partition coefficient (Wildman–Crippen LogP) is 2.65. The molecule has 7 heteroatoms. The molecule has 0 spiro atoms. The number of amides is 1. The van der Waals surface area contributed by atoms with Gasteiger partial charge in [-0.2, -0.15) is 0 Å². The molecule has 1 saturated heterocycles. The van der Waals surface area contributed by atoms with Crippen LogP contribution in [0.25, 0.3) is 0 Å². The van der Waals surface area contributed by atoms with Crippen LogP contribution in [-0.2, 0) is 4.74 Å². The maximum Gasteiger partial charge on any atom is 0.254 e. The van der Waals surface area contributed by atoms with E-state index in [-0.39, 0.29) is 11.6 Å². The molecule has 150 valence electrons. The monoisotopic (exact) mass is 388 g/mol. The van der Waals surface area contributed by atoms with Crippen LogP contribution in [0.2, 0.25) is 0 Å². The lowest BCUT2D eigenvalue weighted by Gasteiger charge is -2.35. The van der Waals surface area contributed by atoms with Crippen molar-refractivity contribution in [3.63, 3.8) is 0 Å². The maximum atomic E-state index is 13.9. The second-order valence-corrected chi connectivity index (χ2v) is 6.47. The molecule has 3 rings (SSSR count). The quantitative estimate of drug-likeness (QED) is 0.790. The van der Waals surface area contributed by atoms with Crippen molar-refractivity contribution < 1.29 is 23.4 Å². The van der Waals surface area contributed by atoms with Crippen LogP contribution in [0.15, 0.2) is 42.5 Å². The molecule has 1 atom stereocenters. The Morgan fingerprint density at radius 1 is 1.14 bits per heavy atom. The summed E-state index contributed by atoms with van der Waals surface area (Å²) in [5, 5.41) is 2.87. The lowest BCUT2D eigenvalue weighted by molar-refractivity contribution is 0.0162. The van der Waals surface area contributed by atoms with Crippen molar-refractivity contribution in [2.24, 2.45) is 0 Å². The Balaban J connectivity index is 1.81. The highest BCUT2D eigenvalue weighted by Gasteiger charge is 2.25. The fourth-order valence-electron chi connectivity index (χ4n) is 3.34. The largest absolute Gasteiger partial charge is 0.493 e. The molecule has 2 aromatic carbocycles. The van der Waals surface area contributed by atoms with Gasteiger partial charge in [-0.05, 0) is 29.8 Å². The molecule has 1 aliphatic rings. The molecule has 1 N–H and O–H groups in total. The van der Waals surface area contributed by atoms with E-state index < -0.39 is 11.7 Å². The average Bonchev–Trinajstić information content (AvgIpc) is 2.74. The van der Waals surface area contributed by atoms with Gasteiger partial charge in [0.25, 0.3) is 5.91 Å². The van der Waals surface area contributed by atoms with Gasteiger partial charge in [-0.25, -0.2) is 4.39 Å². The van der Waals surface area contributed by atoms with Crippen LogP contribution >= 0.6 is 0 Å². The van der Waals surface area contributed by atoms with E-state index in [0.29, 0.717) is 31.3 Å². The van der Waals surface area contributed by atoms with Crippen molar-refractivity contribution in [2.75, 3.05) is 47.1 Å². The highest BCUT2D eigenvalue weighted by molar-refractivity contribution is 5.94. The first-order valence-corrected chi connectivity index (χ1v) is 9.20. The zero-order valence-electron chi connectivity index (χ0n) is 16.1. The zero-order valence-corrected chi connectivity index (χ0v) is 16.1. The number of carbonyl (C=O) groups is 1. The van der Waals surface area contributed by atoms with Crippen molar-refractivity contribution in [2.45, 2.75) is 6.04 Å². The molecule has 1 heterocycles. The summed E-state index contributed by atoms with van der Waals surface area (Å²) in [6.45, 7) is 3.09. The van der Waals surface area contributed by atoms with E-state index in [1.807, 2.05) is 18.2 Å². The molecule has 1 aliphatic heterocycles. The number of nitrogens with one attached hydrogen (secondary N) is 1. The van der Waals surface area contributed by atoms with Crippen molar-refractivity contribution in [1.29, 1.82) is 0 Å². The summed E-state index contributed by atoms with van der Waals surface area (Å²) < 4.78 is 30.1. The Hall–Kier alpha value is -2.64. The average molecular weight is 388 g/mol. The first-order valence-electron chi connectivity index (χ1n) is 9.20. The van der Waals surface area contributed by atoms with Gasteiger partial charge in [0, 0.05) is 19.6 Å². The fraction of sp³-hybridized carbons (Fsp3) is 0.381. The van der Waals surface area contributed by atoms with E-state index in [9.17, 15) is 9.18 Å². The minimum atomic E-state index is -0.533. The molecule has 0 aromatic heterocycles. The highest BCUT2D eigenvalue weighted by Crippen LogP contribution is 2.32. The minimum Gasteiger partial charge on any atom is -0.493 e. The van der Waals surface area contributed by atoms with Crippen LogP contribution in [-0.4, -0.2) is 57.9 Å². The molecule has 0 saturated carbocycles. The number of halogens is 1.